The molecular weight excluding hydrogens is 310 g/mol. The molecule has 0 unspecified atom stereocenters. The molecule has 0 atom stereocenters. The average molecular weight is 327 g/mol. The molecule has 7 nitrogen and oxygen atoms in total. The van der Waals surface area contributed by atoms with Crippen LogP contribution in [0.4, 0.5) is 11.5 Å². The van der Waals surface area contributed by atoms with Gasteiger partial charge in [-0.2, -0.15) is 4.98 Å². The molecule has 0 aliphatic carbocycles. The van der Waals surface area contributed by atoms with E-state index in [9.17, 15) is 14.9 Å². The monoisotopic (exact) mass is 327 g/mol. The Balaban J connectivity index is 2.37. The number of nitrogens with one attached hydrogen (secondary N) is 1. The van der Waals surface area contributed by atoms with Gasteiger partial charge >= 0.3 is 5.69 Å². The summed E-state index contributed by atoms with van der Waals surface area (Å²) < 4.78 is 5.71. The zero-order chi connectivity index (χ0) is 17.4. The maximum atomic E-state index is 12.8. The van der Waals surface area contributed by atoms with Crippen molar-refractivity contribution in [1.29, 1.82) is 0 Å². The van der Waals surface area contributed by atoms with E-state index in [2.05, 4.69) is 10.3 Å². The van der Waals surface area contributed by atoms with Crippen molar-refractivity contribution in [3.63, 3.8) is 0 Å². The van der Waals surface area contributed by atoms with Crippen LogP contribution in [0.1, 0.15) is 32.3 Å². The van der Waals surface area contributed by atoms with Crippen molar-refractivity contribution in [2.45, 2.75) is 26.7 Å². The Morgan fingerprint density at radius 1 is 1.29 bits per heavy atom. The lowest BCUT2D eigenvalue weighted by Gasteiger charge is -2.08. The van der Waals surface area contributed by atoms with Gasteiger partial charge in [0.05, 0.1) is 15.7 Å². The second-order valence-electron chi connectivity index (χ2n) is 5.84. The number of anilines is 1. The minimum Gasteiger partial charge on any atom is -0.437 e. The Morgan fingerprint density at radius 3 is 2.67 bits per heavy atom. The molecule has 3 aromatic rings. The Labute approximate surface area is 137 Å². The highest BCUT2D eigenvalue weighted by Crippen LogP contribution is 2.28. The topological polar surface area (TPSA) is 98.3 Å². The number of nitrogens with zero attached hydrogens (tertiary/aromatic N) is 2. The largest absolute Gasteiger partial charge is 0.437 e. The average Bonchev–Trinajstić information content (AvgIpc) is 2.54. The van der Waals surface area contributed by atoms with E-state index >= 15 is 0 Å². The van der Waals surface area contributed by atoms with E-state index in [1.54, 1.807) is 19.1 Å². The second kappa shape index (κ2) is 5.92. The van der Waals surface area contributed by atoms with Gasteiger partial charge in [0.25, 0.3) is 0 Å². The smallest absolute Gasteiger partial charge is 0.312 e. The van der Waals surface area contributed by atoms with Crippen LogP contribution < -0.4 is 10.7 Å². The molecule has 2 heterocycles. The van der Waals surface area contributed by atoms with Crippen LogP contribution in [0.3, 0.4) is 0 Å². The van der Waals surface area contributed by atoms with Crippen molar-refractivity contribution < 1.29 is 9.34 Å². The van der Waals surface area contributed by atoms with Crippen molar-refractivity contribution in [3.8, 4) is 0 Å². The Morgan fingerprint density at radius 2 is 2.04 bits per heavy atom. The van der Waals surface area contributed by atoms with Crippen LogP contribution in [-0.4, -0.2) is 16.5 Å². The highest BCUT2D eigenvalue weighted by molar-refractivity contribution is 5.90. The molecule has 0 aliphatic heterocycles. The lowest BCUT2D eigenvalue weighted by Crippen LogP contribution is -2.08. The molecule has 1 aromatic carbocycles. The molecule has 24 heavy (non-hydrogen) atoms. The van der Waals surface area contributed by atoms with Crippen molar-refractivity contribution in [2.75, 3.05) is 11.9 Å². The fraction of sp³-hybridized carbons (Fsp3) is 0.294. The highest BCUT2D eigenvalue weighted by Gasteiger charge is 2.20. The summed E-state index contributed by atoms with van der Waals surface area (Å²) in [4.78, 5) is 27.6. The Kier molecular flexibility index (Phi) is 3.92. The zero-order valence-corrected chi connectivity index (χ0v) is 13.6. The molecule has 7 heteroatoms. The number of pyridine rings is 1. The molecule has 0 amide bonds. The van der Waals surface area contributed by atoms with Gasteiger partial charge in [0, 0.05) is 12.6 Å². The van der Waals surface area contributed by atoms with E-state index in [4.69, 9.17) is 4.42 Å². The minimum absolute atomic E-state index is 0.0892. The fourth-order valence-electron chi connectivity index (χ4n) is 2.59. The van der Waals surface area contributed by atoms with Gasteiger partial charge in [-0.05, 0) is 30.5 Å². The molecule has 124 valence electrons. The van der Waals surface area contributed by atoms with E-state index in [0.29, 0.717) is 17.5 Å². The van der Waals surface area contributed by atoms with Gasteiger partial charge in [-0.3, -0.25) is 14.9 Å². The molecule has 1 N–H and O–H groups in total. The summed E-state index contributed by atoms with van der Waals surface area (Å²) >= 11 is 0. The van der Waals surface area contributed by atoms with Crippen LogP contribution in [0.2, 0.25) is 0 Å². The van der Waals surface area contributed by atoms with Crippen LogP contribution in [0, 0.1) is 10.1 Å². The van der Waals surface area contributed by atoms with Crippen LogP contribution in [0.25, 0.3) is 22.1 Å². The van der Waals surface area contributed by atoms with Gasteiger partial charge in [0.15, 0.2) is 0 Å². The van der Waals surface area contributed by atoms with E-state index in [0.717, 1.165) is 5.56 Å². The van der Waals surface area contributed by atoms with Gasteiger partial charge < -0.3 is 9.73 Å². The number of nitro groups is 1. The predicted molar refractivity (Wildman–Crippen MR) is 92.7 cm³/mol. The molecule has 0 aliphatic rings. The van der Waals surface area contributed by atoms with E-state index in [1.807, 2.05) is 19.9 Å². The van der Waals surface area contributed by atoms with Crippen LogP contribution in [0.5, 0.6) is 0 Å². The molecule has 0 spiro atoms. The summed E-state index contributed by atoms with van der Waals surface area (Å²) in [5.41, 5.74) is 0.955. The Bertz CT molecular complexity index is 1010. The normalized spacial score (nSPS) is 11.3. The van der Waals surface area contributed by atoms with Crippen molar-refractivity contribution in [2.24, 2.45) is 0 Å². The molecule has 0 bridgehead atoms. The molecule has 0 saturated heterocycles. The quantitative estimate of drug-likeness (QED) is 0.444. The summed E-state index contributed by atoms with van der Waals surface area (Å²) in [6.07, 6.45) is 0. The molecule has 0 fully saturated rings. The van der Waals surface area contributed by atoms with Gasteiger partial charge in [-0.1, -0.05) is 19.9 Å². The lowest BCUT2D eigenvalue weighted by atomic mass is 10.0. The van der Waals surface area contributed by atoms with Gasteiger partial charge in [0.2, 0.25) is 17.0 Å². The predicted octanol–water partition coefficient (Wildman–Crippen LogP) is 3.80. The zero-order valence-electron chi connectivity index (χ0n) is 13.6. The minimum atomic E-state index is -0.557. The third-order valence-corrected chi connectivity index (χ3v) is 3.87. The molecule has 3 rings (SSSR count). The number of hydrogen-bond acceptors (Lipinski definition) is 6. The Hall–Kier alpha value is -2.96. The fourth-order valence-corrected chi connectivity index (χ4v) is 2.59. The summed E-state index contributed by atoms with van der Waals surface area (Å²) in [5, 5.41) is 14.6. The first-order valence-corrected chi connectivity index (χ1v) is 7.72. The summed E-state index contributed by atoms with van der Waals surface area (Å²) in [6.45, 7) is 6.33. The summed E-state index contributed by atoms with van der Waals surface area (Å²) in [7, 11) is 0. The van der Waals surface area contributed by atoms with E-state index in [-0.39, 0.29) is 34.0 Å². The number of aromatic nitrogens is 1. The number of fused-ring (bicyclic) bond motifs is 2. The summed E-state index contributed by atoms with van der Waals surface area (Å²) in [6, 6.07) is 6.64. The SMILES string of the molecule is CCNc1nc2oc3ccc(C(C)C)cc3c(=O)c2cc1[N+](=O)[O-]. The highest BCUT2D eigenvalue weighted by atomic mass is 16.6. The maximum absolute atomic E-state index is 12.8. The maximum Gasteiger partial charge on any atom is 0.312 e. The van der Waals surface area contributed by atoms with Crippen LogP contribution >= 0.6 is 0 Å². The molecule has 0 saturated carbocycles. The van der Waals surface area contributed by atoms with Gasteiger partial charge in [-0.25, -0.2) is 0 Å². The number of rotatable bonds is 4. The van der Waals surface area contributed by atoms with Crippen molar-refractivity contribution in [1.82, 2.24) is 4.98 Å². The van der Waals surface area contributed by atoms with Gasteiger partial charge in [-0.15, -0.1) is 0 Å². The lowest BCUT2D eigenvalue weighted by molar-refractivity contribution is -0.384. The van der Waals surface area contributed by atoms with Crippen molar-refractivity contribution in [3.05, 3.63) is 50.2 Å². The summed E-state index contributed by atoms with van der Waals surface area (Å²) in [5.74, 6) is 0.351. The molecular formula is C17H17N3O4. The first kappa shape index (κ1) is 15.9. The standard InChI is InChI=1S/C17H17N3O4/c1-4-18-16-13(20(22)23)8-12-15(21)11-7-10(9(2)3)5-6-14(11)24-17(12)19-16/h5-9H,4H2,1-3H3,(H,18,19). The third kappa shape index (κ3) is 2.58. The van der Waals surface area contributed by atoms with Crippen LogP contribution in [0.15, 0.2) is 33.5 Å². The molecule has 2 aromatic heterocycles. The van der Waals surface area contributed by atoms with Gasteiger partial charge in [0.1, 0.15) is 5.58 Å². The third-order valence-electron chi connectivity index (χ3n) is 3.87. The van der Waals surface area contributed by atoms with Crippen molar-refractivity contribution >= 4 is 33.6 Å². The van der Waals surface area contributed by atoms with E-state index in [1.165, 1.54) is 6.07 Å². The first-order valence-electron chi connectivity index (χ1n) is 7.72. The first-order chi connectivity index (χ1) is 11.4. The molecule has 0 radical (unpaired) electrons. The number of hydrogen-bond donors (Lipinski definition) is 1. The second-order valence-corrected chi connectivity index (χ2v) is 5.84. The van der Waals surface area contributed by atoms with Crippen LogP contribution in [-0.2, 0) is 0 Å². The van der Waals surface area contributed by atoms with E-state index < -0.39 is 4.92 Å². The number of benzene rings is 1.